The van der Waals surface area contributed by atoms with E-state index in [2.05, 4.69) is 18.8 Å². The van der Waals surface area contributed by atoms with Gasteiger partial charge >= 0.3 is 0 Å². The van der Waals surface area contributed by atoms with E-state index >= 15 is 0 Å². The lowest BCUT2D eigenvalue weighted by atomic mass is 9.93. The Morgan fingerprint density at radius 3 is 2.83 bits per heavy atom. The third kappa shape index (κ3) is 3.62. The summed E-state index contributed by atoms with van der Waals surface area (Å²) in [7, 11) is 0. The highest BCUT2D eigenvalue weighted by atomic mass is 16.5. The predicted octanol–water partition coefficient (Wildman–Crippen LogP) is 3.37. The molecule has 1 aliphatic heterocycles. The second-order valence-corrected chi connectivity index (χ2v) is 7.25. The Morgan fingerprint density at radius 1 is 1.29 bits per heavy atom. The van der Waals surface area contributed by atoms with Crippen LogP contribution in [-0.4, -0.2) is 17.1 Å². The number of aromatic nitrogens is 1. The van der Waals surface area contributed by atoms with Gasteiger partial charge in [0.1, 0.15) is 30.5 Å². The fraction of sp³-hybridized carbons (Fsp3) is 0.421. The number of anilines is 1. The Hall–Kier alpha value is -2.27. The van der Waals surface area contributed by atoms with Crippen LogP contribution in [-0.2, 0) is 6.61 Å². The molecular weight excluding hydrogens is 302 g/mol. The fourth-order valence-corrected chi connectivity index (χ4v) is 3.20. The Balaban J connectivity index is 1.78. The van der Waals surface area contributed by atoms with Crippen molar-refractivity contribution in [2.45, 2.75) is 39.3 Å². The molecular formula is C19H25N3O2. The molecule has 2 heterocycles. The maximum Gasteiger partial charge on any atom is 0.131 e. The molecule has 24 heavy (non-hydrogen) atoms. The van der Waals surface area contributed by atoms with Crippen molar-refractivity contribution >= 4 is 5.82 Å². The number of hydrogen-bond acceptors (Lipinski definition) is 5. The Kier molecular flexibility index (Phi) is 4.37. The zero-order chi connectivity index (χ0) is 17.3. The van der Waals surface area contributed by atoms with Crippen molar-refractivity contribution in [1.29, 1.82) is 0 Å². The highest BCUT2D eigenvalue weighted by Gasteiger charge is 2.22. The van der Waals surface area contributed by atoms with Crippen molar-refractivity contribution in [3.8, 4) is 22.6 Å². The van der Waals surface area contributed by atoms with Crippen molar-refractivity contribution in [3.05, 3.63) is 36.0 Å². The first-order valence-corrected chi connectivity index (χ1v) is 8.27. The third-order valence-electron chi connectivity index (χ3n) is 4.08. The zero-order valence-electron chi connectivity index (χ0n) is 14.5. The molecule has 5 heteroatoms. The number of nitrogens with two attached hydrogens (primary N) is 2. The molecule has 1 aromatic carbocycles. The molecule has 1 atom stereocenters. The van der Waals surface area contributed by atoms with Crippen LogP contribution in [0, 0.1) is 5.92 Å². The van der Waals surface area contributed by atoms with Gasteiger partial charge in [-0.05, 0) is 43.0 Å². The molecule has 0 saturated heterocycles. The number of benzene rings is 1. The van der Waals surface area contributed by atoms with Crippen LogP contribution < -0.4 is 20.9 Å². The van der Waals surface area contributed by atoms with E-state index < -0.39 is 0 Å². The lowest BCUT2D eigenvalue weighted by Crippen LogP contribution is -2.43. The quantitative estimate of drug-likeness (QED) is 0.879. The van der Waals surface area contributed by atoms with Crippen LogP contribution in [0.5, 0.6) is 11.5 Å². The third-order valence-corrected chi connectivity index (χ3v) is 4.08. The average molecular weight is 327 g/mol. The second kappa shape index (κ2) is 6.32. The van der Waals surface area contributed by atoms with Crippen LogP contribution in [0.15, 0.2) is 30.5 Å². The normalized spacial score (nSPS) is 15.2. The molecule has 1 unspecified atom stereocenters. The molecule has 3 rings (SSSR count). The van der Waals surface area contributed by atoms with Crippen molar-refractivity contribution in [2.24, 2.45) is 11.7 Å². The Bertz CT molecular complexity index is 741. The molecule has 1 aromatic heterocycles. The number of ether oxygens (including phenoxy) is 2. The lowest BCUT2D eigenvalue weighted by Gasteiger charge is -2.27. The SMILES string of the molecule is CC(C)CC(C)(N)COc1ccc2c(c1)OCc1cnc(N)cc1-2. The molecule has 0 amide bonds. The molecule has 2 aromatic rings. The molecule has 0 saturated carbocycles. The van der Waals surface area contributed by atoms with Gasteiger partial charge in [-0.15, -0.1) is 0 Å². The number of rotatable bonds is 5. The molecule has 0 fully saturated rings. The van der Waals surface area contributed by atoms with Crippen LogP contribution in [0.4, 0.5) is 5.82 Å². The zero-order valence-corrected chi connectivity index (χ0v) is 14.5. The smallest absolute Gasteiger partial charge is 0.131 e. The van der Waals surface area contributed by atoms with E-state index in [1.54, 1.807) is 6.20 Å². The average Bonchev–Trinajstić information content (AvgIpc) is 2.51. The highest BCUT2D eigenvalue weighted by molar-refractivity contribution is 5.77. The van der Waals surface area contributed by atoms with E-state index in [1.165, 1.54) is 0 Å². The van der Waals surface area contributed by atoms with Crippen LogP contribution in [0.2, 0.25) is 0 Å². The predicted molar refractivity (Wildman–Crippen MR) is 96.0 cm³/mol. The van der Waals surface area contributed by atoms with Gasteiger partial charge in [-0.2, -0.15) is 0 Å². The summed E-state index contributed by atoms with van der Waals surface area (Å²) in [6, 6.07) is 7.74. The number of nitrogens with zero attached hydrogens (tertiary/aromatic N) is 1. The summed E-state index contributed by atoms with van der Waals surface area (Å²) in [6.07, 6.45) is 2.68. The number of pyridine rings is 1. The van der Waals surface area contributed by atoms with Gasteiger partial charge in [0.05, 0.1) is 0 Å². The lowest BCUT2D eigenvalue weighted by molar-refractivity contribution is 0.205. The summed E-state index contributed by atoms with van der Waals surface area (Å²) in [4.78, 5) is 4.12. The minimum absolute atomic E-state index is 0.350. The standard InChI is InChI=1S/C19H25N3O2/c1-12(2)8-19(3,21)11-24-14-4-5-15-16-7-18(20)22-9-13(16)10-23-17(15)6-14/h4-7,9,12H,8,10-11,21H2,1-3H3,(H2,20,22). The van der Waals surface area contributed by atoms with Crippen molar-refractivity contribution in [1.82, 2.24) is 4.98 Å². The number of nitrogen functional groups attached to an aromatic ring is 1. The Labute approximate surface area is 143 Å². The van der Waals surface area contributed by atoms with Crippen LogP contribution in [0.25, 0.3) is 11.1 Å². The molecule has 0 aliphatic carbocycles. The van der Waals surface area contributed by atoms with E-state index in [1.807, 2.05) is 31.2 Å². The van der Waals surface area contributed by atoms with Gasteiger partial charge in [0.2, 0.25) is 0 Å². The van der Waals surface area contributed by atoms with E-state index in [9.17, 15) is 0 Å². The van der Waals surface area contributed by atoms with Crippen LogP contribution in [0.3, 0.4) is 0 Å². The van der Waals surface area contributed by atoms with E-state index in [-0.39, 0.29) is 5.54 Å². The molecule has 0 bridgehead atoms. The van der Waals surface area contributed by atoms with Gasteiger partial charge in [-0.3, -0.25) is 0 Å². The van der Waals surface area contributed by atoms with Gasteiger partial charge in [-0.25, -0.2) is 4.98 Å². The van der Waals surface area contributed by atoms with Gasteiger partial charge in [-0.1, -0.05) is 13.8 Å². The molecule has 1 aliphatic rings. The second-order valence-electron chi connectivity index (χ2n) is 7.25. The minimum Gasteiger partial charge on any atom is -0.492 e. The van der Waals surface area contributed by atoms with E-state index in [0.29, 0.717) is 24.9 Å². The molecule has 0 spiro atoms. The van der Waals surface area contributed by atoms with Crippen molar-refractivity contribution in [2.75, 3.05) is 12.3 Å². The fourth-order valence-electron chi connectivity index (χ4n) is 3.20. The van der Waals surface area contributed by atoms with Crippen molar-refractivity contribution in [3.63, 3.8) is 0 Å². The summed E-state index contributed by atoms with van der Waals surface area (Å²) in [5.41, 5.74) is 14.9. The van der Waals surface area contributed by atoms with Gasteiger partial charge in [0.15, 0.2) is 0 Å². The monoisotopic (exact) mass is 327 g/mol. The van der Waals surface area contributed by atoms with Crippen LogP contribution >= 0.6 is 0 Å². The van der Waals surface area contributed by atoms with Gasteiger partial charge < -0.3 is 20.9 Å². The topological polar surface area (TPSA) is 83.4 Å². The summed E-state index contributed by atoms with van der Waals surface area (Å²) >= 11 is 0. The first-order chi connectivity index (χ1) is 11.3. The molecule has 4 N–H and O–H groups in total. The first-order valence-electron chi connectivity index (χ1n) is 8.27. The largest absolute Gasteiger partial charge is 0.492 e. The summed E-state index contributed by atoms with van der Waals surface area (Å²) in [5, 5.41) is 0. The first kappa shape index (κ1) is 16.6. The van der Waals surface area contributed by atoms with Crippen molar-refractivity contribution < 1.29 is 9.47 Å². The van der Waals surface area contributed by atoms with Gasteiger partial charge in [0, 0.05) is 28.9 Å². The summed E-state index contributed by atoms with van der Waals surface area (Å²) in [6.45, 7) is 7.30. The highest BCUT2D eigenvalue weighted by Crippen LogP contribution is 2.40. The minimum atomic E-state index is -0.350. The number of fused-ring (bicyclic) bond motifs is 3. The van der Waals surface area contributed by atoms with Crippen LogP contribution in [0.1, 0.15) is 32.8 Å². The summed E-state index contributed by atoms with van der Waals surface area (Å²) < 4.78 is 11.7. The number of hydrogen-bond donors (Lipinski definition) is 2. The molecule has 5 nitrogen and oxygen atoms in total. The molecule has 128 valence electrons. The molecule has 0 radical (unpaired) electrons. The maximum absolute atomic E-state index is 6.31. The van der Waals surface area contributed by atoms with E-state index in [4.69, 9.17) is 20.9 Å². The van der Waals surface area contributed by atoms with E-state index in [0.717, 1.165) is 34.6 Å². The maximum atomic E-state index is 6.31. The Morgan fingerprint density at radius 2 is 2.08 bits per heavy atom. The van der Waals surface area contributed by atoms with Gasteiger partial charge in [0.25, 0.3) is 0 Å². The summed E-state index contributed by atoms with van der Waals surface area (Å²) in [5.74, 6) is 2.60.